The lowest BCUT2D eigenvalue weighted by atomic mass is 9.91. The molecule has 1 aromatic carbocycles. The van der Waals surface area contributed by atoms with Crippen molar-refractivity contribution < 1.29 is 14.4 Å². The van der Waals surface area contributed by atoms with Crippen molar-refractivity contribution in [1.82, 2.24) is 10.2 Å². The summed E-state index contributed by atoms with van der Waals surface area (Å²) in [5.74, 6) is -0.899. The molecule has 2 aliphatic rings. The second kappa shape index (κ2) is 6.68. The fraction of sp³-hybridized carbons (Fsp3) is 0.438. The highest BCUT2D eigenvalue weighted by Crippen LogP contribution is 2.23. The SMILES string of the molecule is CN1C(=O)c2ccc(C(=O)NC3CCC(N)CC3)cc2C1=O.Cl. The van der Waals surface area contributed by atoms with Crippen LogP contribution in [-0.2, 0) is 0 Å². The Kier molecular flexibility index (Phi) is 5.06. The van der Waals surface area contributed by atoms with Crippen LogP contribution in [0.3, 0.4) is 0 Å². The third-order valence-electron chi connectivity index (χ3n) is 4.46. The molecular weight excluding hydrogens is 318 g/mol. The first-order valence-corrected chi connectivity index (χ1v) is 7.50. The van der Waals surface area contributed by atoms with Gasteiger partial charge in [0.1, 0.15) is 0 Å². The molecule has 0 unspecified atom stereocenters. The molecule has 0 atom stereocenters. The summed E-state index contributed by atoms with van der Waals surface area (Å²) in [4.78, 5) is 37.2. The number of fused-ring (bicyclic) bond motifs is 1. The van der Waals surface area contributed by atoms with Gasteiger partial charge in [0.15, 0.2) is 0 Å². The van der Waals surface area contributed by atoms with E-state index in [9.17, 15) is 14.4 Å². The van der Waals surface area contributed by atoms with Gasteiger partial charge in [-0.05, 0) is 43.9 Å². The topological polar surface area (TPSA) is 92.5 Å². The first-order chi connectivity index (χ1) is 10.5. The van der Waals surface area contributed by atoms with Gasteiger partial charge >= 0.3 is 0 Å². The second-order valence-electron chi connectivity index (χ2n) is 6.01. The number of benzene rings is 1. The Balaban J connectivity index is 0.00000192. The van der Waals surface area contributed by atoms with Crippen LogP contribution in [0.25, 0.3) is 0 Å². The van der Waals surface area contributed by atoms with Gasteiger partial charge in [0, 0.05) is 24.7 Å². The molecule has 23 heavy (non-hydrogen) atoms. The van der Waals surface area contributed by atoms with Crippen LogP contribution >= 0.6 is 12.4 Å². The van der Waals surface area contributed by atoms with Crippen LogP contribution < -0.4 is 11.1 Å². The molecule has 1 saturated carbocycles. The Bertz CT molecular complexity index is 654. The van der Waals surface area contributed by atoms with E-state index in [0.717, 1.165) is 30.6 Å². The van der Waals surface area contributed by atoms with E-state index < -0.39 is 0 Å². The molecular formula is C16H20ClN3O3. The molecule has 1 heterocycles. The van der Waals surface area contributed by atoms with Crippen LogP contribution in [0.4, 0.5) is 0 Å². The van der Waals surface area contributed by atoms with Crippen LogP contribution in [0.15, 0.2) is 18.2 Å². The molecule has 3 rings (SSSR count). The van der Waals surface area contributed by atoms with Gasteiger partial charge in [-0.3, -0.25) is 19.3 Å². The minimum Gasteiger partial charge on any atom is -0.349 e. The number of hydrogen-bond acceptors (Lipinski definition) is 4. The lowest BCUT2D eigenvalue weighted by Gasteiger charge is -2.26. The summed E-state index contributed by atoms with van der Waals surface area (Å²) in [5.41, 5.74) is 6.91. The van der Waals surface area contributed by atoms with E-state index in [1.54, 1.807) is 12.1 Å². The summed E-state index contributed by atoms with van der Waals surface area (Å²) in [6.45, 7) is 0. The standard InChI is InChI=1S/C16H19N3O3.ClH/c1-19-15(21)12-7-2-9(8-13(12)16(19)22)14(20)18-11-5-3-10(17)4-6-11;/h2,7-8,10-11H,3-6,17H2,1H3,(H,18,20);1H. The van der Waals surface area contributed by atoms with Gasteiger partial charge in [0.2, 0.25) is 0 Å². The van der Waals surface area contributed by atoms with Gasteiger partial charge in [-0.2, -0.15) is 0 Å². The number of rotatable bonds is 2. The normalized spacial score (nSPS) is 23.3. The van der Waals surface area contributed by atoms with Crippen LogP contribution in [-0.4, -0.2) is 41.8 Å². The summed E-state index contributed by atoms with van der Waals surface area (Å²) >= 11 is 0. The minimum atomic E-state index is -0.363. The van der Waals surface area contributed by atoms with E-state index in [1.165, 1.54) is 13.1 Å². The maximum absolute atomic E-state index is 12.3. The molecule has 0 bridgehead atoms. The maximum atomic E-state index is 12.3. The third-order valence-corrected chi connectivity index (χ3v) is 4.46. The van der Waals surface area contributed by atoms with E-state index >= 15 is 0 Å². The number of nitrogens with zero attached hydrogens (tertiary/aromatic N) is 1. The van der Waals surface area contributed by atoms with E-state index in [2.05, 4.69) is 5.32 Å². The zero-order chi connectivity index (χ0) is 15.9. The first-order valence-electron chi connectivity index (χ1n) is 7.50. The van der Waals surface area contributed by atoms with Crippen molar-refractivity contribution in [2.75, 3.05) is 7.05 Å². The highest BCUT2D eigenvalue weighted by molar-refractivity contribution is 6.21. The number of hydrogen-bond donors (Lipinski definition) is 2. The summed E-state index contributed by atoms with van der Waals surface area (Å²) in [5, 5.41) is 2.98. The second-order valence-corrected chi connectivity index (χ2v) is 6.01. The molecule has 6 nitrogen and oxygen atoms in total. The van der Waals surface area contributed by atoms with Gasteiger partial charge in [0.05, 0.1) is 11.1 Å². The number of nitrogens with two attached hydrogens (primary N) is 1. The van der Waals surface area contributed by atoms with Crippen LogP contribution in [0.5, 0.6) is 0 Å². The summed E-state index contributed by atoms with van der Waals surface area (Å²) in [6, 6.07) is 4.99. The fourth-order valence-corrected chi connectivity index (χ4v) is 3.03. The van der Waals surface area contributed by atoms with Crippen molar-refractivity contribution >= 4 is 30.1 Å². The quantitative estimate of drug-likeness (QED) is 0.796. The highest BCUT2D eigenvalue weighted by atomic mass is 35.5. The van der Waals surface area contributed by atoms with E-state index in [0.29, 0.717) is 16.7 Å². The molecule has 0 radical (unpaired) electrons. The lowest BCUT2D eigenvalue weighted by molar-refractivity contribution is 0.0693. The molecule has 1 aliphatic carbocycles. The largest absolute Gasteiger partial charge is 0.349 e. The van der Waals surface area contributed by atoms with Crippen LogP contribution in [0.2, 0.25) is 0 Å². The molecule has 124 valence electrons. The Morgan fingerprint density at radius 3 is 2.39 bits per heavy atom. The van der Waals surface area contributed by atoms with Crippen molar-refractivity contribution in [3.8, 4) is 0 Å². The van der Waals surface area contributed by atoms with Crippen molar-refractivity contribution in [2.45, 2.75) is 37.8 Å². The molecule has 0 saturated heterocycles. The monoisotopic (exact) mass is 337 g/mol. The van der Waals surface area contributed by atoms with Crippen LogP contribution in [0, 0.1) is 0 Å². The molecule has 1 aromatic rings. The van der Waals surface area contributed by atoms with Gasteiger partial charge in [0.25, 0.3) is 17.7 Å². The Morgan fingerprint density at radius 1 is 1.13 bits per heavy atom. The maximum Gasteiger partial charge on any atom is 0.261 e. The smallest absolute Gasteiger partial charge is 0.261 e. The van der Waals surface area contributed by atoms with Gasteiger partial charge in [-0.25, -0.2) is 0 Å². The molecule has 3 amide bonds. The molecule has 1 fully saturated rings. The van der Waals surface area contributed by atoms with Gasteiger partial charge in [-0.15, -0.1) is 12.4 Å². The molecule has 0 spiro atoms. The van der Waals surface area contributed by atoms with Crippen molar-refractivity contribution in [2.24, 2.45) is 5.73 Å². The number of nitrogens with one attached hydrogen (secondary N) is 1. The van der Waals surface area contributed by atoms with E-state index in [1.807, 2.05) is 0 Å². The predicted molar refractivity (Wildman–Crippen MR) is 87.8 cm³/mol. The molecule has 0 aromatic heterocycles. The predicted octanol–water partition coefficient (Wildman–Crippen LogP) is 1.33. The third kappa shape index (κ3) is 3.23. The zero-order valence-corrected chi connectivity index (χ0v) is 13.7. The highest BCUT2D eigenvalue weighted by Gasteiger charge is 2.33. The lowest BCUT2D eigenvalue weighted by Crippen LogP contribution is -2.40. The van der Waals surface area contributed by atoms with E-state index in [4.69, 9.17) is 5.73 Å². The van der Waals surface area contributed by atoms with Gasteiger partial charge < -0.3 is 11.1 Å². The van der Waals surface area contributed by atoms with E-state index in [-0.39, 0.29) is 42.2 Å². The van der Waals surface area contributed by atoms with Crippen molar-refractivity contribution in [3.05, 3.63) is 34.9 Å². The average molecular weight is 338 g/mol. The summed E-state index contributed by atoms with van der Waals surface area (Å²) < 4.78 is 0. The number of amides is 3. The number of imide groups is 1. The van der Waals surface area contributed by atoms with Crippen LogP contribution in [0.1, 0.15) is 56.8 Å². The first kappa shape index (κ1) is 17.4. The molecule has 7 heteroatoms. The summed E-state index contributed by atoms with van der Waals surface area (Å²) in [6.07, 6.45) is 3.57. The van der Waals surface area contributed by atoms with Gasteiger partial charge in [-0.1, -0.05) is 0 Å². The number of carbonyl (C=O) groups is 3. The number of halogens is 1. The average Bonchev–Trinajstić information content (AvgIpc) is 2.74. The Labute approximate surface area is 140 Å². The number of carbonyl (C=O) groups excluding carboxylic acids is 3. The fourth-order valence-electron chi connectivity index (χ4n) is 3.03. The minimum absolute atomic E-state index is 0. The Morgan fingerprint density at radius 2 is 1.74 bits per heavy atom. The molecule has 1 aliphatic heterocycles. The summed E-state index contributed by atoms with van der Waals surface area (Å²) in [7, 11) is 1.44. The zero-order valence-electron chi connectivity index (χ0n) is 12.9. The van der Waals surface area contributed by atoms with Crippen molar-refractivity contribution in [1.29, 1.82) is 0 Å². The Hall–Kier alpha value is -1.92. The van der Waals surface area contributed by atoms with Crippen molar-refractivity contribution in [3.63, 3.8) is 0 Å². The molecule has 3 N–H and O–H groups in total.